The zero-order chi connectivity index (χ0) is 16.8. The summed E-state index contributed by atoms with van der Waals surface area (Å²) in [5.74, 6) is -0.460. The molecule has 1 heterocycles. The summed E-state index contributed by atoms with van der Waals surface area (Å²) in [6.07, 6.45) is 3.33. The Kier molecular flexibility index (Phi) is 5.71. The van der Waals surface area contributed by atoms with Crippen LogP contribution in [0.4, 0.5) is 5.69 Å². The maximum absolute atomic E-state index is 12.1. The van der Waals surface area contributed by atoms with E-state index in [9.17, 15) is 9.59 Å². The summed E-state index contributed by atoms with van der Waals surface area (Å²) in [5, 5.41) is 3.35. The highest BCUT2D eigenvalue weighted by atomic mass is 35.5. The molecule has 1 aromatic heterocycles. The van der Waals surface area contributed by atoms with Gasteiger partial charge < -0.3 is 10.2 Å². The van der Waals surface area contributed by atoms with Crippen LogP contribution in [0.1, 0.15) is 18.1 Å². The third kappa shape index (κ3) is 4.79. The summed E-state index contributed by atoms with van der Waals surface area (Å²) in [5.41, 5.74) is 2.47. The van der Waals surface area contributed by atoms with Gasteiger partial charge in [-0.1, -0.05) is 17.7 Å². The summed E-state index contributed by atoms with van der Waals surface area (Å²) >= 11 is 6.10. The molecule has 0 aliphatic rings. The minimum atomic E-state index is -0.242. The van der Waals surface area contributed by atoms with E-state index in [4.69, 9.17) is 11.6 Å². The van der Waals surface area contributed by atoms with Crippen molar-refractivity contribution >= 4 is 29.1 Å². The number of amides is 2. The van der Waals surface area contributed by atoms with Crippen LogP contribution < -0.4 is 10.2 Å². The van der Waals surface area contributed by atoms with Crippen LogP contribution >= 0.6 is 11.6 Å². The van der Waals surface area contributed by atoms with Gasteiger partial charge in [0, 0.05) is 36.6 Å². The van der Waals surface area contributed by atoms with Crippen molar-refractivity contribution < 1.29 is 9.59 Å². The molecule has 2 rings (SSSR count). The second-order valence-electron chi connectivity index (χ2n) is 5.17. The van der Waals surface area contributed by atoms with Gasteiger partial charge in [-0.2, -0.15) is 0 Å². The number of nitrogens with zero attached hydrogens (tertiary/aromatic N) is 2. The molecule has 0 fully saturated rings. The molecular formula is C17H18ClN3O2. The molecule has 1 aromatic carbocycles. The Balaban J connectivity index is 2.02. The number of carbonyl (C=O) groups is 2. The highest BCUT2D eigenvalue weighted by Crippen LogP contribution is 2.23. The number of hydrogen-bond donors (Lipinski definition) is 1. The molecular weight excluding hydrogens is 314 g/mol. The number of pyridine rings is 1. The minimum absolute atomic E-state index is 0.0557. The molecule has 2 aromatic rings. The quantitative estimate of drug-likeness (QED) is 0.916. The van der Waals surface area contributed by atoms with E-state index in [-0.39, 0.29) is 18.4 Å². The lowest BCUT2D eigenvalue weighted by Gasteiger charge is -2.21. The SMILES string of the molecule is CC(=O)N(CC(=O)NCc1ccncc1)c1ccc(C)c(Cl)c1. The summed E-state index contributed by atoms with van der Waals surface area (Å²) in [6, 6.07) is 8.93. The number of aromatic nitrogens is 1. The van der Waals surface area contributed by atoms with Gasteiger partial charge in [-0.05, 0) is 42.3 Å². The van der Waals surface area contributed by atoms with Crippen molar-refractivity contribution in [2.24, 2.45) is 0 Å². The fourth-order valence-electron chi connectivity index (χ4n) is 2.03. The van der Waals surface area contributed by atoms with Gasteiger partial charge in [0.15, 0.2) is 0 Å². The van der Waals surface area contributed by atoms with Crippen molar-refractivity contribution in [1.29, 1.82) is 0 Å². The molecule has 0 saturated carbocycles. The van der Waals surface area contributed by atoms with Crippen LogP contribution in [-0.4, -0.2) is 23.3 Å². The van der Waals surface area contributed by atoms with Crippen molar-refractivity contribution in [3.05, 3.63) is 58.9 Å². The monoisotopic (exact) mass is 331 g/mol. The first kappa shape index (κ1) is 17.0. The van der Waals surface area contributed by atoms with E-state index in [1.165, 1.54) is 11.8 Å². The van der Waals surface area contributed by atoms with Gasteiger partial charge in [0.05, 0.1) is 0 Å². The second kappa shape index (κ2) is 7.74. The van der Waals surface area contributed by atoms with E-state index in [1.807, 2.05) is 25.1 Å². The normalized spacial score (nSPS) is 10.2. The topological polar surface area (TPSA) is 62.3 Å². The lowest BCUT2D eigenvalue weighted by molar-refractivity contribution is -0.123. The minimum Gasteiger partial charge on any atom is -0.350 e. The Bertz CT molecular complexity index is 704. The zero-order valence-corrected chi connectivity index (χ0v) is 13.8. The Morgan fingerprint density at radius 2 is 1.91 bits per heavy atom. The molecule has 0 unspecified atom stereocenters. The molecule has 0 atom stereocenters. The van der Waals surface area contributed by atoms with Crippen LogP contribution in [-0.2, 0) is 16.1 Å². The maximum Gasteiger partial charge on any atom is 0.240 e. The van der Waals surface area contributed by atoms with Crippen LogP contribution in [0.3, 0.4) is 0 Å². The van der Waals surface area contributed by atoms with Crippen LogP contribution in [0.5, 0.6) is 0 Å². The Hall–Kier alpha value is -2.40. The molecule has 23 heavy (non-hydrogen) atoms. The standard InChI is InChI=1S/C17H18ClN3O2/c1-12-3-4-15(9-16(12)18)21(13(2)22)11-17(23)20-10-14-5-7-19-8-6-14/h3-9H,10-11H2,1-2H3,(H,20,23). The molecule has 0 saturated heterocycles. The van der Waals surface area contributed by atoms with E-state index in [1.54, 1.807) is 24.5 Å². The van der Waals surface area contributed by atoms with Gasteiger partial charge in [0.2, 0.25) is 11.8 Å². The number of carbonyl (C=O) groups excluding carboxylic acids is 2. The van der Waals surface area contributed by atoms with E-state index in [0.717, 1.165) is 11.1 Å². The number of benzene rings is 1. The van der Waals surface area contributed by atoms with E-state index in [0.29, 0.717) is 17.3 Å². The number of hydrogen-bond acceptors (Lipinski definition) is 3. The first-order valence-corrected chi connectivity index (χ1v) is 7.55. The number of rotatable bonds is 5. The Morgan fingerprint density at radius 1 is 1.22 bits per heavy atom. The average Bonchev–Trinajstić information content (AvgIpc) is 2.54. The Labute approximate surface area is 140 Å². The van der Waals surface area contributed by atoms with E-state index < -0.39 is 0 Å². The van der Waals surface area contributed by atoms with Crippen molar-refractivity contribution in [2.45, 2.75) is 20.4 Å². The highest BCUT2D eigenvalue weighted by molar-refractivity contribution is 6.31. The van der Waals surface area contributed by atoms with Gasteiger partial charge >= 0.3 is 0 Å². The fraction of sp³-hybridized carbons (Fsp3) is 0.235. The van der Waals surface area contributed by atoms with Crippen molar-refractivity contribution in [1.82, 2.24) is 10.3 Å². The van der Waals surface area contributed by atoms with Gasteiger partial charge in [-0.3, -0.25) is 14.6 Å². The lowest BCUT2D eigenvalue weighted by atomic mass is 10.2. The summed E-state index contributed by atoms with van der Waals surface area (Å²) in [7, 11) is 0. The van der Waals surface area contributed by atoms with Gasteiger partial charge in [-0.25, -0.2) is 0 Å². The first-order chi connectivity index (χ1) is 11.0. The predicted molar refractivity (Wildman–Crippen MR) is 90.3 cm³/mol. The van der Waals surface area contributed by atoms with Gasteiger partial charge in [0.1, 0.15) is 6.54 Å². The molecule has 0 spiro atoms. The van der Waals surface area contributed by atoms with Crippen LogP contribution in [0.15, 0.2) is 42.7 Å². The van der Waals surface area contributed by atoms with Crippen molar-refractivity contribution in [3.8, 4) is 0 Å². The van der Waals surface area contributed by atoms with Crippen molar-refractivity contribution in [3.63, 3.8) is 0 Å². The number of anilines is 1. The fourth-order valence-corrected chi connectivity index (χ4v) is 2.21. The van der Waals surface area contributed by atoms with E-state index >= 15 is 0 Å². The molecule has 0 aliphatic carbocycles. The molecule has 120 valence electrons. The Morgan fingerprint density at radius 3 is 2.52 bits per heavy atom. The summed E-state index contributed by atoms with van der Waals surface area (Å²) < 4.78 is 0. The third-order valence-corrected chi connectivity index (χ3v) is 3.80. The van der Waals surface area contributed by atoms with Crippen molar-refractivity contribution in [2.75, 3.05) is 11.4 Å². The largest absolute Gasteiger partial charge is 0.350 e. The maximum atomic E-state index is 12.1. The van der Waals surface area contributed by atoms with Crippen LogP contribution in [0, 0.1) is 6.92 Å². The average molecular weight is 332 g/mol. The second-order valence-corrected chi connectivity index (χ2v) is 5.58. The highest BCUT2D eigenvalue weighted by Gasteiger charge is 2.16. The molecule has 2 amide bonds. The number of aryl methyl sites for hydroxylation is 1. The third-order valence-electron chi connectivity index (χ3n) is 3.39. The molecule has 5 nitrogen and oxygen atoms in total. The smallest absolute Gasteiger partial charge is 0.240 e. The van der Waals surface area contributed by atoms with Gasteiger partial charge in [-0.15, -0.1) is 0 Å². The number of nitrogens with one attached hydrogen (secondary N) is 1. The molecule has 0 bridgehead atoms. The first-order valence-electron chi connectivity index (χ1n) is 7.17. The number of halogens is 1. The molecule has 0 aliphatic heterocycles. The zero-order valence-electron chi connectivity index (χ0n) is 13.0. The van der Waals surface area contributed by atoms with Crippen LogP contribution in [0.25, 0.3) is 0 Å². The summed E-state index contributed by atoms with van der Waals surface area (Å²) in [6.45, 7) is 3.64. The van der Waals surface area contributed by atoms with Gasteiger partial charge in [0.25, 0.3) is 0 Å². The van der Waals surface area contributed by atoms with Crippen LogP contribution in [0.2, 0.25) is 5.02 Å². The molecule has 0 radical (unpaired) electrons. The molecule has 6 heteroatoms. The molecule has 1 N–H and O–H groups in total. The van der Waals surface area contributed by atoms with E-state index in [2.05, 4.69) is 10.3 Å². The predicted octanol–water partition coefficient (Wildman–Crippen LogP) is 2.71. The summed E-state index contributed by atoms with van der Waals surface area (Å²) in [4.78, 5) is 29.3. The lowest BCUT2D eigenvalue weighted by Crippen LogP contribution is -2.39.